The fourth-order valence-corrected chi connectivity index (χ4v) is 6.58. The summed E-state index contributed by atoms with van der Waals surface area (Å²) in [5.74, 6) is -1.64. The number of rotatable bonds is 10. The number of carbonyl (C=O) groups is 2. The molecule has 0 aliphatic heterocycles. The van der Waals surface area contributed by atoms with E-state index < -0.39 is 50.9 Å². The van der Waals surface area contributed by atoms with E-state index in [9.17, 15) is 31.2 Å². The lowest BCUT2D eigenvalue weighted by Gasteiger charge is -2.15. The van der Waals surface area contributed by atoms with Gasteiger partial charge in [0.05, 0.1) is 34.7 Å². The molecule has 1 aliphatic rings. The number of methoxy groups -OCH3 is 1. The van der Waals surface area contributed by atoms with Gasteiger partial charge in [-0.05, 0) is 37.5 Å². The van der Waals surface area contributed by atoms with Crippen LogP contribution in [0.15, 0.2) is 24.5 Å². The van der Waals surface area contributed by atoms with Crippen LogP contribution in [0.3, 0.4) is 0 Å². The lowest BCUT2D eigenvalue weighted by atomic mass is 10.0. The lowest BCUT2D eigenvalue weighted by molar-refractivity contribution is -0.137. The van der Waals surface area contributed by atoms with Crippen LogP contribution in [0.1, 0.15) is 34.5 Å². The first-order valence-electron chi connectivity index (χ1n) is 11.5. The second-order valence-corrected chi connectivity index (χ2v) is 12.0. The molecule has 0 saturated heterocycles. The molecular formula is C23H24F3N5O5S2. The number of hydrogen-bond acceptors (Lipinski definition) is 9. The van der Waals surface area contributed by atoms with Crippen molar-refractivity contribution in [2.75, 3.05) is 26.0 Å². The lowest BCUT2D eigenvalue weighted by Crippen LogP contribution is -2.42. The van der Waals surface area contributed by atoms with Crippen molar-refractivity contribution in [3.05, 3.63) is 40.9 Å². The number of halogens is 3. The number of alkyl halides is 3. The van der Waals surface area contributed by atoms with Gasteiger partial charge in [0, 0.05) is 31.1 Å². The highest BCUT2D eigenvalue weighted by molar-refractivity contribution is 7.92. The standard InChI is InChI=1S/C23H24F3N5O5S2/c1-12-27-9-13(10-28-12)15-7-18-17(8-16(15)23(24,25)26)31-22(37-18)20(38(34,35)6-5-36-2)21(33)29-11-19(32)30-14-3-4-14/h7-10,14,20H,3-6,11H2,1-2H3,(H,29,33)(H,30,32). The third-order valence-electron chi connectivity index (χ3n) is 5.70. The van der Waals surface area contributed by atoms with E-state index in [1.807, 2.05) is 0 Å². The molecule has 4 rings (SSSR count). The number of fused-ring (bicyclic) bond motifs is 1. The topological polar surface area (TPSA) is 140 Å². The minimum Gasteiger partial charge on any atom is -0.384 e. The Morgan fingerprint density at radius 2 is 1.89 bits per heavy atom. The van der Waals surface area contributed by atoms with E-state index in [-0.39, 0.29) is 39.0 Å². The number of benzene rings is 1. The van der Waals surface area contributed by atoms with Crippen molar-refractivity contribution in [3.63, 3.8) is 0 Å². The van der Waals surface area contributed by atoms with Gasteiger partial charge < -0.3 is 15.4 Å². The molecular weight excluding hydrogens is 547 g/mol. The van der Waals surface area contributed by atoms with Crippen molar-refractivity contribution >= 4 is 43.2 Å². The van der Waals surface area contributed by atoms with Crippen molar-refractivity contribution in [2.24, 2.45) is 0 Å². The van der Waals surface area contributed by atoms with Crippen LogP contribution < -0.4 is 10.6 Å². The summed E-state index contributed by atoms with van der Waals surface area (Å²) in [5, 5.41) is 2.93. The van der Waals surface area contributed by atoms with Crippen molar-refractivity contribution in [2.45, 2.75) is 37.2 Å². The molecule has 1 aromatic carbocycles. The van der Waals surface area contributed by atoms with E-state index in [1.54, 1.807) is 6.92 Å². The average molecular weight is 572 g/mol. The monoisotopic (exact) mass is 571 g/mol. The molecule has 1 atom stereocenters. The number of thiazole rings is 1. The van der Waals surface area contributed by atoms with Crippen molar-refractivity contribution in [3.8, 4) is 11.1 Å². The van der Waals surface area contributed by atoms with E-state index in [1.165, 1.54) is 25.6 Å². The Balaban J connectivity index is 1.75. The van der Waals surface area contributed by atoms with Crippen LogP contribution in [0, 0.1) is 6.92 Å². The Hall–Kier alpha value is -3.17. The first-order valence-corrected chi connectivity index (χ1v) is 14.0. The van der Waals surface area contributed by atoms with E-state index >= 15 is 0 Å². The summed E-state index contributed by atoms with van der Waals surface area (Å²) >= 11 is 0.780. The van der Waals surface area contributed by atoms with Gasteiger partial charge in [0.1, 0.15) is 10.8 Å². The summed E-state index contributed by atoms with van der Waals surface area (Å²) in [6.45, 7) is 0.930. The maximum absolute atomic E-state index is 14.0. The zero-order valence-electron chi connectivity index (χ0n) is 20.3. The normalized spacial score (nSPS) is 14.9. The SMILES string of the molecule is COCCS(=O)(=O)C(C(=O)NCC(=O)NC1CC1)c1nc2cc(C(F)(F)F)c(-c3cnc(C)nc3)cc2s1. The number of hydrogen-bond donors (Lipinski definition) is 2. The smallest absolute Gasteiger partial charge is 0.384 e. The van der Waals surface area contributed by atoms with Crippen molar-refractivity contribution in [1.82, 2.24) is 25.6 Å². The maximum atomic E-state index is 14.0. The second-order valence-electron chi connectivity index (χ2n) is 8.73. The van der Waals surface area contributed by atoms with Crippen LogP contribution in [0.5, 0.6) is 0 Å². The molecule has 1 aliphatic carbocycles. The molecule has 0 bridgehead atoms. The summed E-state index contributed by atoms with van der Waals surface area (Å²) in [4.78, 5) is 37.1. The quantitative estimate of drug-likeness (QED) is 0.379. The van der Waals surface area contributed by atoms with Gasteiger partial charge >= 0.3 is 6.18 Å². The number of nitrogens with one attached hydrogen (secondary N) is 2. The van der Waals surface area contributed by atoms with Crippen LogP contribution >= 0.6 is 11.3 Å². The van der Waals surface area contributed by atoms with Gasteiger partial charge in [0.15, 0.2) is 15.1 Å². The van der Waals surface area contributed by atoms with Gasteiger partial charge in [-0.25, -0.2) is 23.4 Å². The Labute approximate surface area is 220 Å². The van der Waals surface area contributed by atoms with Crippen molar-refractivity contribution < 1.29 is 35.9 Å². The highest BCUT2D eigenvalue weighted by atomic mass is 32.2. The molecule has 15 heteroatoms. The molecule has 38 heavy (non-hydrogen) atoms. The summed E-state index contributed by atoms with van der Waals surface area (Å²) in [6.07, 6.45) is -0.571. The Bertz CT molecular complexity index is 1450. The molecule has 2 N–H and O–H groups in total. The number of ether oxygens (including phenoxy) is 1. The molecule has 204 valence electrons. The predicted molar refractivity (Wildman–Crippen MR) is 133 cm³/mol. The Morgan fingerprint density at radius 3 is 2.50 bits per heavy atom. The molecule has 1 unspecified atom stereocenters. The number of nitrogens with zero attached hydrogens (tertiary/aromatic N) is 3. The summed E-state index contributed by atoms with van der Waals surface area (Å²) < 4.78 is 73.2. The van der Waals surface area contributed by atoms with Gasteiger partial charge in [-0.2, -0.15) is 13.2 Å². The van der Waals surface area contributed by atoms with Gasteiger partial charge in [-0.3, -0.25) is 9.59 Å². The highest BCUT2D eigenvalue weighted by Crippen LogP contribution is 2.41. The third-order valence-corrected chi connectivity index (χ3v) is 8.82. The molecule has 0 radical (unpaired) electrons. The fourth-order valence-electron chi connectivity index (χ4n) is 3.62. The molecule has 2 amide bonds. The van der Waals surface area contributed by atoms with Crippen LogP contribution in [-0.4, -0.2) is 67.2 Å². The highest BCUT2D eigenvalue weighted by Gasteiger charge is 2.39. The zero-order valence-corrected chi connectivity index (χ0v) is 22.0. The van der Waals surface area contributed by atoms with E-state index in [0.717, 1.165) is 30.2 Å². The van der Waals surface area contributed by atoms with Gasteiger partial charge in [0.25, 0.3) is 0 Å². The Kier molecular flexibility index (Phi) is 7.99. The number of carbonyl (C=O) groups excluding carboxylic acids is 2. The van der Waals surface area contributed by atoms with E-state index in [2.05, 4.69) is 25.6 Å². The summed E-state index contributed by atoms with van der Waals surface area (Å²) in [7, 11) is -2.92. The van der Waals surface area contributed by atoms with E-state index in [4.69, 9.17) is 4.74 Å². The second kappa shape index (κ2) is 10.9. The number of sulfone groups is 1. The minimum atomic E-state index is -4.76. The van der Waals surface area contributed by atoms with Crippen LogP contribution in [0.2, 0.25) is 0 Å². The van der Waals surface area contributed by atoms with Crippen LogP contribution in [0.4, 0.5) is 13.2 Å². The molecule has 1 saturated carbocycles. The molecule has 1 fully saturated rings. The first-order chi connectivity index (χ1) is 17.9. The molecule has 2 heterocycles. The summed E-state index contributed by atoms with van der Waals surface area (Å²) in [6, 6.07) is 2.08. The zero-order chi connectivity index (χ0) is 27.7. The molecule has 3 aromatic rings. The molecule has 10 nitrogen and oxygen atoms in total. The van der Waals surface area contributed by atoms with Crippen LogP contribution in [0.25, 0.3) is 21.3 Å². The Morgan fingerprint density at radius 1 is 1.21 bits per heavy atom. The number of amides is 2. The minimum absolute atomic E-state index is 0.0425. The van der Waals surface area contributed by atoms with Crippen LogP contribution in [-0.2, 0) is 30.3 Å². The van der Waals surface area contributed by atoms with Crippen molar-refractivity contribution in [1.29, 1.82) is 0 Å². The first kappa shape index (κ1) is 27.9. The molecule has 2 aromatic heterocycles. The fraction of sp³-hybridized carbons (Fsp3) is 0.435. The maximum Gasteiger partial charge on any atom is 0.417 e. The van der Waals surface area contributed by atoms with Gasteiger partial charge in [-0.15, -0.1) is 11.3 Å². The average Bonchev–Trinajstić information content (AvgIpc) is 3.56. The summed E-state index contributed by atoms with van der Waals surface area (Å²) in [5.41, 5.74) is -1.22. The van der Waals surface area contributed by atoms with Gasteiger partial charge in [-0.1, -0.05) is 0 Å². The number of aryl methyl sites for hydroxylation is 1. The molecule has 0 spiro atoms. The predicted octanol–water partition coefficient (Wildman–Crippen LogP) is 2.58. The van der Waals surface area contributed by atoms with Gasteiger partial charge in [0.2, 0.25) is 11.8 Å². The largest absolute Gasteiger partial charge is 0.417 e. The third kappa shape index (κ3) is 6.45. The van der Waals surface area contributed by atoms with E-state index in [0.29, 0.717) is 5.82 Å². The number of aromatic nitrogens is 3.